The predicted molar refractivity (Wildman–Crippen MR) is 94.6 cm³/mol. The van der Waals surface area contributed by atoms with Crippen LogP contribution in [0.15, 0.2) is 54.6 Å². The SMILES string of the molecule is CC(=O)N1CCC(NC(=O)c2ccc(-c3ccccc3)cc2)CC1. The van der Waals surface area contributed by atoms with Crippen molar-refractivity contribution in [1.82, 2.24) is 10.2 Å². The van der Waals surface area contributed by atoms with Gasteiger partial charge in [0.15, 0.2) is 0 Å². The van der Waals surface area contributed by atoms with E-state index >= 15 is 0 Å². The number of amides is 2. The molecule has 4 nitrogen and oxygen atoms in total. The molecule has 3 rings (SSSR count). The normalized spacial score (nSPS) is 15.1. The summed E-state index contributed by atoms with van der Waals surface area (Å²) in [4.78, 5) is 25.6. The highest BCUT2D eigenvalue weighted by Crippen LogP contribution is 2.19. The minimum absolute atomic E-state index is 0.0455. The highest BCUT2D eigenvalue weighted by molar-refractivity contribution is 5.94. The number of nitrogens with one attached hydrogen (secondary N) is 1. The first-order valence-electron chi connectivity index (χ1n) is 8.35. The van der Waals surface area contributed by atoms with E-state index in [1.807, 2.05) is 47.4 Å². The van der Waals surface area contributed by atoms with Gasteiger partial charge >= 0.3 is 0 Å². The third-order valence-electron chi connectivity index (χ3n) is 4.53. The molecule has 1 heterocycles. The van der Waals surface area contributed by atoms with Gasteiger partial charge in [-0.05, 0) is 36.1 Å². The maximum absolute atomic E-state index is 12.4. The van der Waals surface area contributed by atoms with Gasteiger partial charge in [0.1, 0.15) is 0 Å². The summed E-state index contributed by atoms with van der Waals surface area (Å²) >= 11 is 0. The van der Waals surface area contributed by atoms with E-state index < -0.39 is 0 Å². The molecule has 1 N–H and O–H groups in total. The molecule has 124 valence electrons. The Morgan fingerprint density at radius 2 is 1.50 bits per heavy atom. The zero-order valence-electron chi connectivity index (χ0n) is 13.9. The van der Waals surface area contributed by atoms with E-state index in [0.717, 1.165) is 24.0 Å². The van der Waals surface area contributed by atoms with E-state index in [1.165, 1.54) is 0 Å². The summed E-state index contributed by atoms with van der Waals surface area (Å²) in [5.74, 6) is 0.0622. The second-order valence-corrected chi connectivity index (χ2v) is 6.20. The molecule has 2 amide bonds. The van der Waals surface area contributed by atoms with Gasteiger partial charge in [-0.2, -0.15) is 0 Å². The summed E-state index contributed by atoms with van der Waals surface area (Å²) in [5.41, 5.74) is 2.91. The Bertz CT molecular complexity index is 702. The minimum atomic E-state index is -0.0455. The van der Waals surface area contributed by atoms with Crippen LogP contribution in [-0.4, -0.2) is 35.8 Å². The maximum Gasteiger partial charge on any atom is 0.251 e. The molecule has 1 aliphatic heterocycles. The van der Waals surface area contributed by atoms with Crippen LogP contribution in [-0.2, 0) is 4.79 Å². The van der Waals surface area contributed by atoms with Crippen molar-refractivity contribution in [2.24, 2.45) is 0 Å². The van der Waals surface area contributed by atoms with E-state index in [-0.39, 0.29) is 17.9 Å². The van der Waals surface area contributed by atoms with Crippen molar-refractivity contribution in [2.75, 3.05) is 13.1 Å². The Labute approximate surface area is 142 Å². The molecule has 4 heteroatoms. The molecule has 0 spiro atoms. The van der Waals surface area contributed by atoms with E-state index in [0.29, 0.717) is 18.7 Å². The Morgan fingerprint density at radius 1 is 0.917 bits per heavy atom. The van der Waals surface area contributed by atoms with E-state index in [2.05, 4.69) is 17.4 Å². The van der Waals surface area contributed by atoms with Crippen LogP contribution in [0.5, 0.6) is 0 Å². The fourth-order valence-electron chi connectivity index (χ4n) is 3.05. The number of carbonyl (C=O) groups is 2. The zero-order chi connectivity index (χ0) is 16.9. The van der Waals surface area contributed by atoms with Gasteiger partial charge in [-0.25, -0.2) is 0 Å². The summed E-state index contributed by atoms with van der Waals surface area (Å²) in [6.45, 7) is 3.02. The van der Waals surface area contributed by atoms with Crippen molar-refractivity contribution in [3.63, 3.8) is 0 Å². The summed E-state index contributed by atoms with van der Waals surface area (Å²) < 4.78 is 0. The van der Waals surface area contributed by atoms with Crippen LogP contribution in [0.3, 0.4) is 0 Å². The smallest absolute Gasteiger partial charge is 0.251 e. The molecule has 2 aromatic carbocycles. The van der Waals surface area contributed by atoms with Gasteiger partial charge in [-0.15, -0.1) is 0 Å². The largest absolute Gasteiger partial charge is 0.349 e. The average Bonchev–Trinajstić information content (AvgIpc) is 2.63. The number of hydrogen-bond donors (Lipinski definition) is 1. The quantitative estimate of drug-likeness (QED) is 0.944. The molecular formula is C20H22N2O2. The fourth-order valence-corrected chi connectivity index (χ4v) is 3.05. The van der Waals surface area contributed by atoms with Crippen LogP contribution in [0.4, 0.5) is 0 Å². The Balaban J connectivity index is 1.59. The number of likely N-dealkylation sites (tertiary alicyclic amines) is 1. The molecule has 0 radical (unpaired) electrons. The van der Waals surface area contributed by atoms with Gasteiger partial charge in [0.25, 0.3) is 5.91 Å². The van der Waals surface area contributed by atoms with Crippen LogP contribution in [0.25, 0.3) is 11.1 Å². The summed E-state index contributed by atoms with van der Waals surface area (Å²) in [5, 5.41) is 3.08. The lowest BCUT2D eigenvalue weighted by molar-refractivity contribution is -0.129. The maximum atomic E-state index is 12.4. The number of piperidine rings is 1. The van der Waals surface area contributed by atoms with E-state index in [9.17, 15) is 9.59 Å². The first-order valence-corrected chi connectivity index (χ1v) is 8.35. The van der Waals surface area contributed by atoms with Crippen LogP contribution in [0, 0.1) is 0 Å². The lowest BCUT2D eigenvalue weighted by Crippen LogP contribution is -2.45. The Morgan fingerprint density at radius 3 is 2.08 bits per heavy atom. The van der Waals surface area contributed by atoms with Crippen LogP contribution >= 0.6 is 0 Å². The second-order valence-electron chi connectivity index (χ2n) is 6.20. The van der Waals surface area contributed by atoms with Gasteiger partial charge < -0.3 is 10.2 Å². The summed E-state index contributed by atoms with van der Waals surface area (Å²) in [6.07, 6.45) is 1.63. The number of nitrogens with zero attached hydrogens (tertiary/aromatic N) is 1. The third kappa shape index (κ3) is 3.82. The second kappa shape index (κ2) is 7.30. The number of benzene rings is 2. The van der Waals surface area contributed by atoms with Crippen molar-refractivity contribution in [1.29, 1.82) is 0 Å². The highest BCUT2D eigenvalue weighted by Gasteiger charge is 2.22. The van der Waals surface area contributed by atoms with Gasteiger partial charge in [0.2, 0.25) is 5.91 Å². The Kier molecular flexibility index (Phi) is 4.94. The molecule has 2 aromatic rings. The lowest BCUT2D eigenvalue weighted by Gasteiger charge is -2.31. The fraction of sp³-hybridized carbons (Fsp3) is 0.300. The molecule has 0 atom stereocenters. The van der Waals surface area contributed by atoms with E-state index in [1.54, 1.807) is 6.92 Å². The monoisotopic (exact) mass is 322 g/mol. The summed E-state index contributed by atoms with van der Waals surface area (Å²) in [7, 11) is 0. The van der Waals surface area contributed by atoms with Gasteiger partial charge in [-0.3, -0.25) is 9.59 Å². The van der Waals surface area contributed by atoms with Crippen LogP contribution < -0.4 is 5.32 Å². The third-order valence-corrected chi connectivity index (χ3v) is 4.53. The first-order chi connectivity index (χ1) is 11.6. The molecular weight excluding hydrogens is 300 g/mol. The van der Waals surface area contributed by atoms with Gasteiger partial charge in [0, 0.05) is 31.6 Å². The molecule has 0 bridgehead atoms. The van der Waals surface area contributed by atoms with Crippen molar-refractivity contribution in [3.05, 3.63) is 60.2 Å². The number of carbonyl (C=O) groups excluding carboxylic acids is 2. The van der Waals surface area contributed by atoms with Crippen LogP contribution in [0.1, 0.15) is 30.1 Å². The topological polar surface area (TPSA) is 49.4 Å². The molecule has 0 saturated carbocycles. The highest BCUT2D eigenvalue weighted by atomic mass is 16.2. The minimum Gasteiger partial charge on any atom is -0.349 e. The zero-order valence-corrected chi connectivity index (χ0v) is 13.9. The number of hydrogen-bond acceptors (Lipinski definition) is 2. The molecule has 0 aromatic heterocycles. The van der Waals surface area contributed by atoms with Gasteiger partial charge in [0.05, 0.1) is 0 Å². The number of rotatable bonds is 3. The van der Waals surface area contributed by atoms with Crippen LogP contribution in [0.2, 0.25) is 0 Å². The molecule has 0 aliphatic carbocycles. The first kappa shape index (κ1) is 16.2. The Hall–Kier alpha value is -2.62. The predicted octanol–water partition coefficient (Wildman–Crippen LogP) is 3.09. The molecule has 0 unspecified atom stereocenters. The van der Waals surface area contributed by atoms with Gasteiger partial charge in [-0.1, -0.05) is 42.5 Å². The molecule has 1 aliphatic rings. The van der Waals surface area contributed by atoms with Crippen molar-refractivity contribution in [3.8, 4) is 11.1 Å². The van der Waals surface area contributed by atoms with Crippen molar-refractivity contribution < 1.29 is 9.59 Å². The van der Waals surface area contributed by atoms with Crippen molar-refractivity contribution >= 4 is 11.8 Å². The summed E-state index contributed by atoms with van der Waals surface area (Å²) in [6, 6.07) is 17.9. The molecule has 1 fully saturated rings. The molecule has 1 saturated heterocycles. The lowest BCUT2D eigenvalue weighted by atomic mass is 10.0. The standard InChI is InChI=1S/C20H22N2O2/c1-15(23)22-13-11-19(12-14-22)21-20(24)18-9-7-17(8-10-18)16-5-3-2-4-6-16/h2-10,19H,11-14H2,1H3,(H,21,24). The average molecular weight is 322 g/mol. The van der Waals surface area contributed by atoms with Crippen molar-refractivity contribution in [2.45, 2.75) is 25.8 Å². The van der Waals surface area contributed by atoms with E-state index in [4.69, 9.17) is 0 Å². The molecule has 24 heavy (non-hydrogen) atoms.